The van der Waals surface area contributed by atoms with Crippen LogP contribution in [0, 0.1) is 0 Å². The standard InChI is InChI=1S/C23H31N3O3/c1-26(2)21-15-13-20(14-16-21)23(28)24-17-9-4-3-8-12-22(27)25-29-18-19-10-6-5-7-11-19/h5-7,10-11,13-16H,3-4,8-9,12,17-18H2,1-2H3,(H,24,28)(H,25,27). The van der Waals surface area contributed by atoms with E-state index in [1.807, 2.05) is 73.6 Å². The number of carbonyl (C=O) groups is 2. The summed E-state index contributed by atoms with van der Waals surface area (Å²) in [4.78, 5) is 31.1. The maximum atomic E-state index is 12.1. The summed E-state index contributed by atoms with van der Waals surface area (Å²) >= 11 is 0. The predicted molar refractivity (Wildman–Crippen MR) is 116 cm³/mol. The van der Waals surface area contributed by atoms with Crippen LogP contribution in [0.1, 0.15) is 48.0 Å². The highest BCUT2D eigenvalue weighted by Crippen LogP contribution is 2.12. The lowest BCUT2D eigenvalue weighted by atomic mass is 10.1. The molecule has 2 N–H and O–H groups in total. The number of hydrogen-bond donors (Lipinski definition) is 2. The van der Waals surface area contributed by atoms with Crippen LogP contribution < -0.4 is 15.7 Å². The highest BCUT2D eigenvalue weighted by Gasteiger charge is 2.05. The Hall–Kier alpha value is -2.86. The van der Waals surface area contributed by atoms with Gasteiger partial charge in [0.25, 0.3) is 5.91 Å². The Morgan fingerprint density at radius 2 is 1.59 bits per heavy atom. The van der Waals surface area contributed by atoms with Gasteiger partial charge in [-0.05, 0) is 42.7 Å². The fourth-order valence-corrected chi connectivity index (χ4v) is 2.80. The van der Waals surface area contributed by atoms with E-state index in [0.717, 1.165) is 36.9 Å². The highest BCUT2D eigenvalue weighted by atomic mass is 16.6. The molecule has 0 bridgehead atoms. The van der Waals surface area contributed by atoms with Gasteiger partial charge in [0.2, 0.25) is 5.91 Å². The summed E-state index contributed by atoms with van der Waals surface area (Å²) in [5.41, 5.74) is 5.23. The molecule has 0 radical (unpaired) electrons. The molecule has 0 aliphatic carbocycles. The average Bonchev–Trinajstić information content (AvgIpc) is 2.73. The van der Waals surface area contributed by atoms with Crippen molar-refractivity contribution in [3.05, 3.63) is 65.7 Å². The minimum atomic E-state index is -0.101. The number of anilines is 1. The first-order chi connectivity index (χ1) is 14.1. The third kappa shape index (κ3) is 8.79. The first kappa shape index (κ1) is 22.4. The summed E-state index contributed by atoms with van der Waals surface area (Å²) < 4.78 is 0. The van der Waals surface area contributed by atoms with Gasteiger partial charge in [0, 0.05) is 38.3 Å². The van der Waals surface area contributed by atoms with Crippen molar-refractivity contribution in [2.75, 3.05) is 25.5 Å². The van der Waals surface area contributed by atoms with Crippen molar-refractivity contribution in [1.29, 1.82) is 0 Å². The number of carbonyl (C=O) groups excluding carboxylic acids is 2. The molecule has 0 aliphatic rings. The van der Waals surface area contributed by atoms with Crippen LogP contribution in [-0.4, -0.2) is 32.5 Å². The van der Waals surface area contributed by atoms with E-state index in [4.69, 9.17) is 4.84 Å². The van der Waals surface area contributed by atoms with Gasteiger partial charge in [-0.3, -0.25) is 14.4 Å². The quantitative estimate of drug-likeness (QED) is 0.423. The minimum absolute atomic E-state index is 0.0507. The first-order valence-corrected chi connectivity index (χ1v) is 10.1. The van der Waals surface area contributed by atoms with E-state index in [2.05, 4.69) is 10.8 Å². The summed E-state index contributed by atoms with van der Waals surface area (Å²) in [5.74, 6) is -0.152. The van der Waals surface area contributed by atoms with Gasteiger partial charge < -0.3 is 10.2 Å². The third-order valence-corrected chi connectivity index (χ3v) is 4.53. The van der Waals surface area contributed by atoms with Crippen molar-refractivity contribution in [2.24, 2.45) is 0 Å². The Morgan fingerprint density at radius 1 is 0.897 bits per heavy atom. The molecule has 2 amide bonds. The zero-order valence-corrected chi connectivity index (χ0v) is 17.3. The van der Waals surface area contributed by atoms with Crippen LogP contribution in [0.5, 0.6) is 0 Å². The number of hydroxylamine groups is 1. The molecule has 2 rings (SSSR count). The molecule has 2 aromatic rings. The smallest absolute Gasteiger partial charge is 0.251 e. The molecule has 0 saturated carbocycles. The van der Waals surface area contributed by atoms with E-state index in [1.165, 1.54) is 0 Å². The number of nitrogens with one attached hydrogen (secondary N) is 2. The molecule has 0 spiro atoms. The summed E-state index contributed by atoms with van der Waals surface area (Å²) in [5, 5.41) is 2.94. The van der Waals surface area contributed by atoms with E-state index >= 15 is 0 Å². The van der Waals surface area contributed by atoms with Crippen LogP contribution in [-0.2, 0) is 16.2 Å². The van der Waals surface area contributed by atoms with E-state index in [0.29, 0.717) is 25.1 Å². The lowest BCUT2D eigenvalue weighted by molar-refractivity contribution is -0.134. The Balaban J connectivity index is 1.48. The second kappa shape index (κ2) is 12.6. The summed E-state index contributed by atoms with van der Waals surface area (Å²) in [6.45, 7) is 1.00. The van der Waals surface area contributed by atoms with Gasteiger partial charge in [-0.1, -0.05) is 43.2 Å². The maximum absolute atomic E-state index is 12.1. The molecule has 6 heteroatoms. The van der Waals surface area contributed by atoms with Gasteiger partial charge in [-0.2, -0.15) is 0 Å². The van der Waals surface area contributed by atoms with Crippen molar-refractivity contribution in [1.82, 2.24) is 10.8 Å². The molecule has 0 aliphatic heterocycles. The normalized spacial score (nSPS) is 10.4. The Bertz CT molecular complexity index is 746. The predicted octanol–water partition coefficient (Wildman–Crippen LogP) is 3.68. The Morgan fingerprint density at radius 3 is 2.28 bits per heavy atom. The van der Waals surface area contributed by atoms with Crippen LogP contribution >= 0.6 is 0 Å². The number of unbranched alkanes of at least 4 members (excludes halogenated alkanes) is 3. The van der Waals surface area contributed by atoms with Crippen molar-refractivity contribution in [2.45, 2.75) is 38.7 Å². The third-order valence-electron chi connectivity index (χ3n) is 4.53. The molecule has 0 heterocycles. The molecule has 156 valence electrons. The van der Waals surface area contributed by atoms with Crippen molar-refractivity contribution < 1.29 is 14.4 Å². The summed E-state index contributed by atoms with van der Waals surface area (Å²) in [6.07, 6.45) is 4.06. The molecular formula is C23H31N3O3. The molecule has 0 atom stereocenters. The van der Waals surface area contributed by atoms with Crippen LogP contribution in [0.3, 0.4) is 0 Å². The minimum Gasteiger partial charge on any atom is -0.378 e. The van der Waals surface area contributed by atoms with E-state index in [1.54, 1.807) is 0 Å². The maximum Gasteiger partial charge on any atom is 0.251 e. The topological polar surface area (TPSA) is 70.7 Å². The molecule has 2 aromatic carbocycles. The average molecular weight is 398 g/mol. The first-order valence-electron chi connectivity index (χ1n) is 10.1. The molecule has 29 heavy (non-hydrogen) atoms. The Labute approximate surface area is 173 Å². The van der Waals surface area contributed by atoms with Crippen LogP contribution in [0.4, 0.5) is 5.69 Å². The second-order valence-electron chi connectivity index (χ2n) is 7.16. The number of benzene rings is 2. The van der Waals surface area contributed by atoms with Gasteiger partial charge in [-0.15, -0.1) is 0 Å². The molecule has 0 saturated heterocycles. The van der Waals surface area contributed by atoms with Crippen LogP contribution in [0.15, 0.2) is 54.6 Å². The van der Waals surface area contributed by atoms with E-state index in [-0.39, 0.29) is 11.8 Å². The monoisotopic (exact) mass is 397 g/mol. The second-order valence-corrected chi connectivity index (χ2v) is 7.16. The number of rotatable bonds is 12. The lowest BCUT2D eigenvalue weighted by Crippen LogP contribution is -2.24. The SMILES string of the molecule is CN(C)c1ccc(C(=O)NCCCCCCC(=O)NOCc2ccccc2)cc1. The van der Waals surface area contributed by atoms with Crippen molar-refractivity contribution >= 4 is 17.5 Å². The number of amides is 2. The van der Waals surface area contributed by atoms with Gasteiger partial charge >= 0.3 is 0 Å². The van der Waals surface area contributed by atoms with Gasteiger partial charge in [0.05, 0.1) is 6.61 Å². The lowest BCUT2D eigenvalue weighted by Gasteiger charge is -2.12. The van der Waals surface area contributed by atoms with Gasteiger partial charge in [0.1, 0.15) is 0 Å². The molecule has 6 nitrogen and oxygen atoms in total. The molecule has 0 aromatic heterocycles. The number of hydrogen-bond acceptors (Lipinski definition) is 4. The fourth-order valence-electron chi connectivity index (χ4n) is 2.80. The van der Waals surface area contributed by atoms with Gasteiger partial charge in [0.15, 0.2) is 0 Å². The highest BCUT2D eigenvalue weighted by molar-refractivity contribution is 5.94. The zero-order valence-electron chi connectivity index (χ0n) is 17.3. The molecule has 0 unspecified atom stereocenters. The van der Waals surface area contributed by atoms with Crippen molar-refractivity contribution in [3.63, 3.8) is 0 Å². The number of nitrogens with zero attached hydrogens (tertiary/aromatic N) is 1. The van der Waals surface area contributed by atoms with Crippen LogP contribution in [0.25, 0.3) is 0 Å². The zero-order chi connectivity index (χ0) is 20.9. The Kier molecular flexibility index (Phi) is 9.72. The molecule has 0 fully saturated rings. The molecular weight excluding hydrogens is 366 g/mol. The fraction of sp³-hybridized carbons (Fsp3) is 0.391. The van der Waals surface area contributed by atoms with Gasteiger partial charge in [-0.25, -0.2) is 5.48 Å². The van der Waals surface area contributed by atoms with Crippen molar-refractivity contribution in [3.8, 4) is 0 Å². The van der Waals surface area contributed by atoms with Crippen LogP contribution in [0.2, 0.25) is 0 Å². The summed E-state index contributed by atoms with van der Waals surface area (Å²) in [6, 6.07) is 17.2. The summed E-state index contributed by atoms with van der Waals surface area (Å²) in [7, 11) is 3.94. The largest absolute Gasteiger partial charge is 0.378 e. The van der Waals surface area contributed by atoms with E-state index < -0.39 is 0 Å². The van der Waals surface area contributed by atoms with E-state index in [9.17, 15) is 9.59 Å².